The average Bonchev–Trinajstić information content (AvgIpc) is 3.23. The van der Waals surface area contributed by atoms with Crippen molar-refractivity contribution in [1.82, 2.24) is 14.6 Å². The molecule has 8 heteroatoms. The quantitative estimate of drug-likeness (QED) is 0.374. The molecule has 4 rings (SSSR count). The van der Waals surface area contributed by atoms with Gasteiger partial charge in [0.1, 0.15) is 11.5 Å². The second-order valence-corrected chi connectivity index (χ2v) is 7.12. The van der Waals surface area contributed by atoms with Crippen molar-refractivity contribution in [3.05, 3.63) is 69.0 Å². The molecule has 2 aromatic heterocycles. The Morgan fingerprint density at radius 3 is 2.59 bits per heavy atom. The molecule has 0 unspecified atom stereocenters. The minimum atomic E-state index is -0.437. The number of thiazole rings is 1. The number of aromatic nitrogens is 3. The fraction of sp³-hybridized carbons (Fsp3) is 0.143. The third-order valence-corrected chi connectivity index (χ3v) is 5.03. The van der Waals surface area contributed by atoms with Gasteiger partial charge in [0.15, 0.2) is 5.82 Å². The van der Waals surface area contributed by atoms with Crippen molar-refractivity contribution in [2.24, 2.45) is 0 Å². The third kappa shape index (κ3) is 3.74. The summed E-state index contributed by atoms with van der Waals surface area (Å²) in [6.07, 6.45) is 1.78. The number of para-hydroxylation sites is 2. The van der Waals surface area contributed by atoms with Crippen LogP contribution < -0.4 is 19.6 Å². The minimum Gasteiger partial charge on any atom is -0.493 e. The fourth-order valence-corrected chi connectivity index (χ4v) is 3.77. The maximum atomic E-state index is 12.8. The monoisotopic (exact) mass is 407 g/mol. The fourth-order valence-electron chi connectivity index (χ4n) is 2.87. The van der Waals surface area contributed by atoms with E-state index in [4.69, 9.17) is 9.47 Å². The number of carbonyl (C=O) groups excluding carboxylic acids is 1. The molecule has 146 valence electrons. The van der Waals surface area contributed by atoms with Crippen molar-refractivity contribution in [2.45, 2.75) is 13.8 Å². The van der Waals surface area contributed by atoms with Gasteiger partial charge in [-0.3, -0.25) is 9.59 Å². The van der Waals surface area contributed by atoms with Crippen molar-refractivity contribution in [1.29, 1.82) is 0 Å². The van der Waals surface area contributed by atoms with E-state index < -0.39 is 5.97 Å². The van der Waals surface area contributed by atoms with Gasteiger partial charge in [-0.15, -0.1) is 5.10 Å². The molecule has 0 N–H and O–H groups in total. The standard InChI is InChI=1S/C21H17N3O4S/c1-3-27-16-10-6-4-8-14(16)12-18-20(26)24-21(29-18)22-19(23-24)15-9-5-7-11-17(15)28-13(2)25/h4-12H,3H2,1-2H3. The lowest BCUT2D eigenvalue weighted by atomic mass is 10.2. The Labute approximate surface area is 169 Å². The topological polar surface area (TPSA) is 82.8 Å². The first-order chi connectivity index (χ1) is 14.1. The van der Waals surface area contributed by atoms with Crippen molar-refractivity contribution in [3.8, 4) is 22.9 Å². The molecule has 2 aromatic carbocycles. The minimum absolute atomic E-state index is 0.264. The maximum absolute atomic E-state index is 12.8. The smallest absolute Gasteiger partial charge is 0.308 e. The zero-order valence-electron chi connectivity index (χ0n) is 15.8. The first kappa shape index (κ1) is 18.8. The largest absolute Gasteiger partial charge is 0.493 e. The number of ether oxygens (including phenoxy) is 2. The second-order valence-electron chi connectivity index (χ2n) is 6.11. The summed E-state index contributed by atoms with van der Waals surface area (Å²) in [5, 5.41) is 4.33. The number of esters is 1. The normalized spacial score (nSPS) is 11.7. The second kappa shape index (κ2) is 7.84. The first-order valence-electron chi connectivity index (χ1n) is 8.97. The lowest BCUT2D eigenvalue weighted by Crippen LogP contribution is -2.23. The van der Waals surface area contributed by atoms with E-state index in [9.17, 15) is 9.59 Å². The maximum Gasteiger partial charge on any atom is 0.308 e. The van der Waals surface area contributed by atoms with Crippen LogP contribution in [-0.2, 0) is 4.79 Å². The summed E-state index contributed by atoms with van der Waals surface area (Å²) in [5.41, 5.74) is 1.10. The highest BCUT2D eigenvalue weighted by Gasteiger charge is 2.16. The van der Waals surface area contributed by atoms with E-state index >= 15 is 0 Å². The van der Waals surface area contributed by atoms with Crippen LogP contribution in [0.2, 0.25) is 0 Å². The van der Waals surface area contributed by atoms with Gasteiger partial charge in [0, 0.05) is 12.5 Å². The molecule has 0 spiro atoms. The first-order valence-corrected chi connectivity index (χ1v) is 9.79. The predicted octanol–water partition coefficient (Wildman–Crippen LogP) is 2.69. The van der Waals surface area contributed by atoms with Gasteiger partial charge in [-0.05, 0) is 31.2 Å². The van der Waals surface area contributed by atoms with Gasteiger partial charge in [-0.25, -0.2) is 0 Å². The van der Waals surface area contributed by atoms with Crippen molar-refractivity contribution >= 4 is 28.3 Å². The molecule has 0 aliphatic carbocycles. The van der Waals surface area contributed by atoms with E-state index in [2.05, 4.69) is 10.1 Å². The van der Waals surface area contributed by atoms with Gasteiger partial charge in [-0.2, -0.15) is 9.50 Å². The molecule has 0 aliphatic heterocycles. The Hall–Kier alpha value is -3.52. The van der Waals surface area contributed by atoms with Crippen LogP contribution in [0.3, 0.4) is 0 Å². The highest BCUT2D eigenvalue weighted by atomic mass is 32.1. The molecular formula is C21H17N3O4S. The predicted molar refractivity (Wildman–Crippen MR) is 110 cm³/mol. The molecule has 0 amide bonds. The third-order valence-electron chi connectivity index (χ3n) is 4.07. The molecule has 0 radical (unpaired) electrons. The Balaban J connectivity index is 1.79. The molecule has 4 aromatic rings. The van der Waals surface area contributed by atoms with E-state index in [0.717, 1.165) is 5.56 Å². The van der Waals surface area contributed by atoms with Crippen LogP contribution in [0.4, 0.5) is 0 Å². The van der Waals surface area contributed by atoms with Crippen LogP contribution >= 0.6 is 11.3 Å². The molecule has 29 heavy (non-hydrogen) atoms. The van der Waals surface area contributed by atoms with Crippen molar-refractivity contribution in [2.75, 3.05) is 6.61 Å². The van der Waals surface area contributed by atoms with Gasteiger partial charge in [0.2, 0.25) is 4.96 Å². The van der Waals surface area contributed by atoms with Crippen LogP contribution in [0.1, 0.15) is 19.4 Å². The summed E-state index contributed by atoms with van der Waals surface area (Å²) < 4.78 is 12.6. The lowest BCUT2D eigenvalue weighted by Gasteiger charge is -2.05. The van der Waals surface area contributed by atoms with E-state index in [1.165, 1.54) is 22.8 Å². The lowest BCUT2D eigenvalue weighted by molar-refractivity contribution is -0.131. The van der Waals surface area contributed by atoms with Gasteiger partial charge in [0.25, 0.3) is 5.56 Å². The van der Waals surface area contributed by atoms with Crippen molar-refractivity contribution < 1.29 is 14.3 Å². The number of carbonyl (C=O) groups is 1. The average molecular weight is 407 g/mol. The summed E-state index contributed by atoms with van der Waals surface area (Å²) in [6.45, 7) is 3.78. The number of benzene rings is 2. The number of nitrogens with zero attached hydrogens (tertiary/aromatic N) is 3. The van der Waals surface area contributed by atoms with Crippen LogP contribution in [0.15, 0.2) is 53.3 Å². The molecule has 0 saturated carbocycles. The molecule has 0 atom stereocenters. The van der Waals surface area contributed by atoms with E-state index in [1.54, 1.807) is 30.3 Å². The molecule has 0 aliphatic rings. The Morgan fingerprint density at radius 1 is 1.14 bits per heavy atom. The van der Waals surface area contributed by atoms with Crippen LogP contribution in [0.5, 0.6) is 11.5 Å². The zero-order chi connectivity index (χ0) is 20.4. The number of hydrogen-bond acceptors (Lipinski definition) is 7. The van der Waals surface area contributed by atoms with Crippen LogP contribution in [0.25, 0.3) is 22.4 Å². The Morgan fingerprint density at radius 2 is 1.86 bits per heavy atom. The van der Waals surface area contributed by atoms with E-state index in [-0.39, 0.29) is 5.56 Å². The summed E-state index contributed by atoms with van der Waals surface area (Å²) in [7, 11) is 0. The zero-order valence-corrected chi connectivity index (χ0v) is 16.6. The molecule has 0 bridgehead atoms. The summed E-state index contributed by atoms with van der Waals surface area (Å²) in [5.74, 6) is 0.951. The van der Waals surface area contributed by atoms with Crippen LogP contribution in [-0.4, -0.2) is 27.2 Å². The molecule has 2 heterocycles. The van der Waals surface area contributed by atoms with Gasteiger partial charge < -0.3 is 9.47 Å². The highest BCUT2D eigenvalue weighted by molar-refractivity contribution is 7.15. The molecular weight excluding hydrogens is 390 g/mol. The SMILES string of the molecule is CCOc1ccccc1C=c1sc2nc(-c3ccccc3OC(C)=O)nn2c1=O. The molecule has 0 saturated heterocycles. The van der Waals surface area contributed by atoms with Gasteiger partial charge >= 0.3 is 5.97 Å². The van der Waals surface area contributed by atoms with Gasteiger partial charge in [-0.1, -0.05) is 41.7 Å². The summed E-state index contributed by atoms with van der Waals surface area (Å²) in [4.78, 5) is 29.1. The van der Waals surface area contributed by atoms with Crippen LogP contribution in [0, 0.1) is 0 Å². The highest BCUT2D eigenvalue weighted by Crippen LogP contribution is 2.28. The van der Waals surface area contributed by atoms with Gasteiger partial charge in [0.05, 0.1) is 16.7 Å². The summed E-state index contributed by atoms with van der Waals surface area (Å²) >= 11 is 1.24. The summed E-state index contributed by atoms with van der Waals surface area (Å²) in [6, 6.07) is 14.5. The van der Waals surface area contributed by atoms with E-state index in [0.29, 0.717) is 39.0 Å². The number of rotatable bonds is 5. The molecule has 0 fully saturated rings. The molecule has 7 nitrogen and oxygen atoms in total. The Bertz CT molecular complexity index is 1310. The van der Waals surface area contributed by atoms with E-state index in [1.807, 2.05) is 31.2 Å². The number of hydrogen-bond donors (Lipinski definition) is 0. The Kier molecular flexibility index (Phi) is 5.09. The van der Waals surface area contributed by atoms with Crippen molar-refractivity contribution in [3.63, 3.8) is 0 Å². The number of fused-ring (bicyclic) bond motifs is 1.